The fraction of sp³-hybridized carbons (Fsp3) is 0.158. The Kier molecular flexibility index (Phi) is 4.53. The maximum atomic E-state index is 6.10. The summed E-state index contributed by atoms with van der Waals surface area (Å²) in [5, 5.41) is 12.9. The lowest BCUT2D eigenvalue weighted by atomic mass is 10.2. The van der Waals surface area contributed by atoms with E-state index in [9.17, 15) is 0 Å². The zero-order valence-corrected chi connectivity index (χ0v) is 15.9. The summed E-state index contributed by atoms with van der Waals surface area (Å²) in [6.45, 7) is 2.62. The predicted molar refractivity (Wildman–Crippen MR) is 107 cm³/mol. The average Bonchev–Trinajstić information content (AvgIpc) is 3.19. The maximum absolute atomic E-state index is 6.10. The summed E-state index contributed by atoms with van der Waals surface area (Å²) >= 11 is 7.74. The molecule has 0 radical (unpaired) electrons. The quantitative estimate of drug-likeness (QED) is 0.510. The third-order valence-electron chi connectivity index (χ3n) is 4.02. The molecule has 0 saturated heterocycles. The van der Waals surface area contributed by atoms with Crippen molar-refractivity contribution in [2.75, 3.05) is 12.4 Å². The molecule has 1 N–H and O–H groups in total. The van der Waals surface area contributed by atoms with Crippen LogP contribution in [0.1, 0.15) is 10.7 Å². The summed E-state index contributed by atoms with van der Waals surface area (Å²) < 4.78 is 7.34. The summed E-state index contributed by atoms with van der Waals surface area (Å²) in [5.41, 5.74) is 2.90. The lowest BCUT2D eigenvalue weighted by Gasteiger charge is -2.04. The van der Waals surface area contributed by atoms with E-state index >= 15 is 0 Å². The van der Waals surface area contributed by atoms with Gasteiger partial charge in [-0.25, -0.2) is 4.98 Å². The van der Waals surface area contributed by atoms with Crippen LogP contribution in [0.15, 0.2) is 47.8 Å². The average molecular weight is 385 g/mol. The highest BCUT2D eigenvalue weighted by Crippen LogP contribution is 2.30. The fourth-order valence-electron chi connectivity index (χ4n) is 2.84. The number of hydrogen-bond acceptors (Lipinski definition) is 5. The number of nitrogens with zero attached hydrogens (tertiary/aromatic N) is 3. The monoisotopic (exact) mass is 384 g/mol. The van der Waals surface area contributed by atoms with Gasteiger partial charge in [-0.2, -0.15) is 5.10 Å². The second-order valence-electron chi connectivity index (χ2n) is 5.88. The summed E-state index contributed by atoms with van der Waals surface area (Å²) in [4.78, 5) is 4.55. The number of aromatic nitrogens is 3. The minimum absolute atomic E-state index is 0.615. The van der Waals surface area contributed by atoms with Crippen molar-refractivity contribution in [2.24, 2.45) is 0 Å². The Balaban J connectivity index is 1.77. The van der Waals surface area contributed by atoms with Crippen LogP contribution in [0.25, 0.3) is 10.9 Å². The van der Waals surface area contributed by atoms with Gasteiger partial charge in [0.25, 0.3) is 0 Å². The van der Waals surface area contributed by atoms with Crippen LogP contribution >= 0.6 is 22.9 Å². The molecule has 0 aliphatic carbocycles. The van der Waals surface area contributed by atoms with Crippen LogP contribution in [0.4, 0.5) is 11.5 Å². The number of benzene rings is 2. The molecule has 5 nitrogen and oxygen atoms in total. The van der Waals surface area contributed by atoms with E-state index in [1.54, 1.807) is 18.4 Å². The van der Waals surface area contributed by atoms with Crippen molar-refractivity contribution in [1.29, 1.82) is 0 Å². The predicted octanol–water partition coefficient (Wildman–Crippen LogP) is 5.26. The molecule has 0 atom stereocenters. The van der Waals surface area contributed by atoms with Gasteiger partial charge in [-0.15, -0.1) is 11.3 Å². The summed E-state index contributed by atoms with van der Waals surface area (Å²) in [6, 6.07) is 13.5. The molecule has 2 aromatic carbocycles. The Morgan fingerprint density at radius 2 is 2.12 bits per heavy atom. The Morgan fingerprint density at radius 3 is 2.85 bits per heavy atom. The highest BCUT2D eigenvalue weighted by atomic mass is 35.5. The van der Waals surface area contributed by atoms with Crippen molar-refractivity contribution in [1.82, 2.24) is 14.8 Å². The second-order valence-corrected chi connectivity index (χ2v) is 7.38. The molecule has 2 heterocycles. The summed E-state index contributed by atoms with van der Waals surface area (Å²) in [6.07, 6.45) is 0. The Hall–Kier alpha value is -2.57. The van der Waals surface area contributed by atoms with E-state index < -0.39 is 0 Å². The topological polar surface area (TPSA) is 52.0 Å². The largest absolute Gasteiger partial charge is 0.497 e. The molecule has 4 aromatic rings. The minimum atomic E-state index is 0.615. The molecule has 0 fully saturated rings. The SMILES string of the molecule is COc1ccc2c(c1)c(Nc1cccc(Cl)c1)nn2Cc1csc(C)n1. The van der Waals surface area contributed by atoms with Crippen molar-refractivity contribution in [2.45, 2.75) is 13.5 Å². The molecule has 26 heavy (non-hydrogen) atoms. The molecular formula is C19H17ClN4OS. The number of ether oxygens (including phenoxy) is 1. The first-order valence-electron chi connectivity index (χ1n) is 8.10. The van der Waals surface area contributed by atoms with Crippen LogP contribution in [0.2, 0.25) is 5.02 Å². The Bertz CT molecular complexity index is 1070. The number of thiazole rings is 1. The van der Waals surface area contributed by atoms with E-state index in [-0.39, 0.29) is 0 Å². The van der Waals surface area contributed by atoms with E-state index in [1.165, 1.54) is 0 Å². The molecule has 4 rings (SSSR count). The van der Waals surface area contributed by atoms with Crippen LogP contribution in [-0.2, 0) is 6.54 Å². The maximum Gasteiger partial charge on any atom is 0.160 e. The zero-order valence-electron chi connectivity index (χ0n) is 14.4. The molecule has 0 spiro atoms. The number of methoxy groups -OCH3 is 1. The summed E-state index contributed by atoms with van der Waals surface area (Å²) in [7, 11) is 1.66. The second kappa shape index (κ2) is 6.97. The van der Waals surface area contributed by atoms with Gasteiger partial charge in [0.15, 0.2) is 5.82 Å². The molecule has 2 aromatic heterocycles. The van der Waals surface area contributed by atoms with E-state index in [1.807, 2.05) is 54.1 Å². The third kappa shape index (κ3) is 3.38. The van der Waals surface area contributed by atoms with Gasteiger partial charge in [0.2, 0.25) is 0 Å². The highest BCUT2D eigenvalue weighted by Gasteiger charge is 2.13. The normalized spacial score (nSPS) is 11.0. The lowest BCUT2D eigenvalue weighted by molar-refractivity contribution is 0.415. The molecule has 0 amide bonds. The van der Waals surface area contributed by atoms with Gasteiger partial charge < -0.3 is 10.1 Å². The van der Waals surface area contributed by atoms with Gasteiger partial charge in [-0.1, -0.05) is 17.7 Å². The molecule has 0 bridgehead atoms. The molecule has 0 unspecified atom stereocenters. The van der Waals surface area contributed by atoms with Gasteiger partial charge in [0.05, 0.1) is 29.9 Å². The molecule has 0 aliphatic heterocycles. The first-order chi connectivity index (χ1) is 12.6. The number of anilines is 2. The molecule has 0 saturated carbocycles. The fourth-order valence-corrected chi connectivity index (χ4v) is 3.63. The van der Waals surface area contributed by atoms with Crippen LogP contribution in [0.5, 0.6) is 5.75 Å². The first-order valence-corrected chi connectivity index (χ1v) is 9.36. The van der Waals surface area contributed by atoms with Gasteiger partial charge in [-0.3, -0.25) is 4.68 Å². The highest BCUT2D eigenvalue weighted by molar-refractivity contribution is 7.09. The lowest BCUT2D eigenvalue weighted by Crippen LogP contribution is -2.02. The van der Waals surface area contributed by atoms with Crippen LogP contribution in [0.3, 0.4) is 0 Å². The molecule has 132 valence electrons. The minimum Gasteiger partial charge on any atom is -0.497 e. The van der Waals surface area contributed by atoms with E-state index in [0.29, 0.717) is 11.6 Å². The number of nitrogens with one attached hydrogen (secondary N) is 1. The van der Waals surface area contributed by atoms with Gasteiger partial charge >= 0.3 is 0 Å². The Morgan fingerprint density at radius 1 is 1.23 bits per heavy atom. The molecule has 0 aliphatic rings. The van der Waals surface area contributed by atoms with Crippen molar-refractivity contribution < 1.29 is 4.74 Å². The van der Waals surface area contributed by atoms with Gasteiger partial charge in [0, 0.05) is 21.5 Å². The third-order valence-corrected chi connectivity index (χ3v) is 5.08. The number of rotatable bonds is 5. The van der Waals surface area contributed by atoms with Crippen molar-refractivity contribution >= 4 is 45.3 Å². The number of halogens is 1. The van der Waals surface area contributed by atoms with Gasteiger partial charge in [0.1, 0.15) is 5.75 Å². The standard InChI is InChI=1S/C19H17ClN4OS/c1-12-21-15(11-26-12)10-24-18-7-6-16(25-2)9-17(18)19(23-24)22-14-5-3-4-13(20)8-14/h3-9,11H,10H2,1-2H3,(H,22,23). The van der Waals surface area contributed by atoms with E-state index in [2.05, 4.69) is 15.7 Å². The van der Waals surface area contributed by atoms with Crippen molar-refractivity contribution in [3.8, 4) is 5.75 Å². The van der Waals surface area contributed by atoms with Crippen LogP contribution < -0.4 is 10.1 Å². The van der Waals surface area contributed by atoms with Crippen molar-refractivity contribution in [3.63, 3.8) is 0 Å². The van der Waals surface area contributed by atoms with E-state index in [4.69, 9.17) is 21.4 Å². The zero-order chi connectivity index (χ0) is 18.1. The Labute approximate surface area is 160 Å². The van der Waals surface area contributed by atoms with Gasteiger partial charge in [-0.05, 0) is 43.3 Å². The number of hydrogen-bond donors (Lipinski definition) is 1. The van der Waals surface area contributed by atoms with E-state index in [0.717, 1.165) is 38.9 Å². The van der Waals surface area contributed by atoms with Crippen molar-refractivity contribution in [3.05, 3.63) is 63.6 Å². The van der Waals surface area contributed by atoms with Crippen LogP contribution in [-0.4, -0.2) is 21.9 Å². The number of fused-ring (bicyclic) bond motifs is 1. The smallest absolute Gasteiger partial charge is 0.160 e. The first kappa shape index (κ1) is 16.9. The summed E-state index contributed by atoms with van der Waals surface area (Å²) in [5.74, 6) is 1.55. The molecule has 7 heteroatoms. The molecular weight excluding hydrogens is 368 g/mol. The van der Waals surface area contributed by atoms with Crippen LogP contribution in [0, 0.1) is 6.92 Å². The number of aryl methyl sites for hydroxylation is 1.